The SMILES string of the molecule is O=C(O)c1cc(N2CCC3(CC2)Nc2ccccc2NC3=O)nc2ccccc12. The molecule has 3 N–H and O–H groups in total. The van der Waals surface area contributed by atoms with Crippen LogP contribution in [0.4, 0.5) is 17.2 Å². The van der Waals surface area contributed by atoms with Crippen LogP contribution in [-0.2, 0) is 4.79 Å². The molecule has 29 heavy (non-hydrogen) atoms. The Balaban J connectivity index is 1.43. The molecule has 146 valence electrons. The molecule has 5 rings (SSSR count). The zero-order valence-corrected chi connectivity index (χ0v) is 15.7. The molecule has 0 unspecified atom stereocenters. The second-order valence-corrected chi connectivity index (χ2v) is 7.54. The Hall–Kier alpha value is -3.61. The Morgan fingerprint density at radius 2 is 1.72 bits per heavy atom. The fourth-order valence-corrected chi connectivity index (χ4v) is 4.23. The van der Waals surface area contributed by atoms with Crippen LogP contribution in [0.5, 0.6) is 0 Å². The number of aromatic carboxylic acids is 1. The molecular weight excluding hydrogens is 368 g/mol. The average Bonchev–Trinajstić information content (AvgIpc) is 2.74. The summed E-state index contributed by atoms with van der Waals surface area (Å²) in [5, 5.41) is 16.7. The lowest BCUT2D eigenvalue weighted by atomic mass is 9.84. The summed E-state index contributed by atoms with van der Waals surface area (Å²) in [4.78, 5) is 31.3. The van der Waals surface area contributed by atoms with E-state index in [4.69, 9.17) is 0 Å². The third kappa shape index (κ3) is 2.86. The number of carbonyl (C=O) groups is 2. The zero-order valence-electron chi connectivity index (χ0n) is 15.7. The van der Waals surface area contributed by atoms with Gasteiger partial charge >= 0.3 is 5.97 Å². The fraction of sp³-hybridized carbons (Fsp3) is 0.227. The number of carbonyl (C=O) groups excluding carboxylic acids is 1. The van der Waals surface area contributed by atoms with Crippen LogP contribution in [0.2, 0.25) is 0 Å². The first kappa shape index (κ1) is 17.5. The molecular formula is C22H20N4O3. The molecule has 1 aromatic heterocycles. The summed E-state index contributed by atoms with van der Waals surface area (Å²) in [5.74, 6) is -0.357. The maximum absolute atomic E-state index is 12.8. The molecule has 2 aliphatic rings. The van der Waals surface area contributed by atoms with Gasteiger partial charge in [0, 0.05) is 18.5 Å². The van der Waals surface area contributed by atoms with Gasteiger partial charge in [0.15, 0.2) is 0 Å². The first-order chi connectivity index (χ1) is 14.1. The second kappa shape index (κ2) is 6.48. The molecule has 1 amide bonds. The lowest BCUT2D eigenvalue weighted by molar-refractivity contribution is -0.121. The molecule has 0 saturated carbocycles. The van der Waals surface area contributed by atoms with Gasteiger partial charge in [-0.1, -0.05) is 30.3 Å². The Bertz CT molecular complexity index is 1140. The number of benzene rings is 2. The molecule has 7 heteroatoms. The number of para-hydroxylation sites is 3. The number of piperidine rings is 1. The number of carboxylic acid groups (broad SMARTS) is 1. The third-order valence-electron chi connectivity index (χ3n) is 5.86. The lowest BCUT2D eigenvalue weighted by Crippen LogP contribution is -2.58. The number of nitrogens with one attached hydrogen (secondary N) is 2. The van der Waals surface area contributed by atoms with Crippen LogP contribution in [-0.4, -0.2) is 40.6 Å². The van der Waals surface area contributed by atoms with E-state index in [1.807, 2.05) is 42.5 Å². The predicted molar refractivity (Wildman–Crippen MR) is 112 cm³/mol. The largest absolute Gasteiger partial charge is 0.478 e. The first-order valence-corrected chi connectivity index (χ1v) is 9.62. The number of anilines is 3. The summed E-state index contributed by atoms with van der Waals surface area (Å²) < 4.78 is 0. The molecule has 1 spiro atoms. The molecule has 1 fully saturated rings. The Labute approximate surface area is 167 Å². The standard InChI is InChI=1S/C22H20N4O3/c27-20(28)15-13-19(23-16-6-2-1-5-14(15)16)26-11-9-22(10-12-26)21(29)24-17-7-3-4-8-18(17)25-22/h1-8,13,25H,9-12H2,(H,24,29)(H,27,28). The van der Waals surface area contributed by atoms with Gasteiger partial charge in [0.2, 0.25) is 5.91 Å². The van der Waals surface area contributed by atoms with E-state index in [0.717, 1.165) is 11.4 Å². The van der Waals surface area contributed by atoms with Gasteiger partial charge in [-0.25, -0.2) is 9.78 Å². The van der Waals surface area contributed by atoms with Crippen LogP contribution in [0, 0.1) is 0 Å². The van der Waals surface area contributed by atoms with E-state index in [1.54, 1.807) is 12.1 Å². The maximum atomic E-state index is 12.8. The fourth-order valence-electron chi connectivity index (χ4n) is 4.23. The van der Waals surface area contributed by atoms with E-state index in [0.29, 0.717) is 42.7 Å². The van der Waals surface area contributed by atoms with E-state index in [-0.39, 0.29) is 11.5 Å². The van der Waals surface area contributed by atoms with E-state index in [9.17, 15) is 14.7 Å². The monoisotopic (exact) mass is 388 g/mol. The summed E-state index contributed by atoms with van der Waals surface area (Å²) in [7, 11) is 0. The van der Waals surface area contributed by atoms with Gasteiger partial charge in [0.1, 0.15) is 11.4 Å². The molecule has 1 saturated heterocycles. The van der Waals surface area contributed by atoms with Crippen molar-refractivity contribution in [3.63, 3.8) is 0 Å². The van der Waals surface area contributed by atoms with E-state index in [2.05, 4.69) is 20.5 Å². The minimum Gasteiger partial charge on any atom is -0.478 e. The van der Waals surface area contributed by atoms with Crippen molar-refractivity contribution < 1.29 is 14.7 Å². The predicted octanol–water partition coefficient (Wildman–Crippen LogP) is 3.34. The zero-order chi connectivity index (χ0) is 20.0. The molecule has 0 atom stereocenters. The highest BCUT2D eigenvalue weighted by atomic mass is 16.4. The minimum absolute atomic E-state index is 0.0199. The van der Waals surface area contributed by atoms with Gasteiger partial charge < -0.3 is 20.6 Å². The Morgan fingerprint density at radius 3 is 2.48 bits per heavy atom. The number of amides is 1. The number of carboxylic acids is 1. The van der Waals surface area contributed by atoms with Crippen molar-refractivity contribution in [2.75, 3.05) is 28.6 Å². The van der Waals surface area contributed by atoms with Gasteiger partial charge in [-0.2, -0.15) is 0 Å². The van der Waals surface area contributed by atoms with Crippen LogP contribution in [0.15, 0.2) is 54.6 Å². The van der Waals surface area contributed by atoms with Crippen LogP contribution < -0.4 is 15.5 Å². The summed E-state index contributed by atoms with van der Waals surface area (Å²) in [6, 6.07) is 16.6. The van der Waals surface area contributed by atoms with Crippen molar-refractivity contribution in [2.24, 2.45) is 0 Å². The molecule has 3 heterocycles. The number of nitrogens with zero attached hydrogens (tertiary/aromatic N) is 2. The van der Waals surface area contributed by atoms with E-state index < -0.39 is 11.5 Å². The number of aromatic nitrogens is 1. The first-order valence-electron chi connectivity index (χ1n) is 9.62. The molecule has 2 aromatic carbocycles. The molecule has 0 radical (unpaired) electrons. The second-order valence-electron chi connectivity index (χ2n) is 7.54. The van der Waals surface area contributed by atoms with Crippen molar-refractivity contribution >= 4 is 40.0 Å². The van der Waals surface area contributed by atoms with Gasteiger partial charge in [-0.05, 0) is 37.1 Å². The van der Waals surface area contributed by atoms with Crippen molar-refractivity contribution in [1.29, 1.82) is 0 Å². The molecule has 2 aliphatic heterocycles. The van der Waals surface area contributed by atoms with Gasteiger partial charge in [-0.15, -0.1) is 0 Å². The van der Waals surface area contributed by atoms with E-state index >= 15 is 0 Å². The Morgan fingerprint density at radius 1 is 1.03 bits per heavy atom. The van der Waals surface area contributed by atoms with Crippen LogP contribution in [0.3, 0.4) is 0 Å². The van der Waals surface area contributed by atoms with Crippen LogP contribution in [0.25, 0.3) is 10.9 Å². The summed E-state index contributed by atoms with van der Waals surface area (Å²) in [5.41, 5.74) is 1.97. The van der Waals surface area contributed by atoms with Crippen molar-refractivity contribution in [3.8, 4) is 0 Å². The third-order valence-corrected chi connectivity index (χ3v) is 5.86. The van der Waals surface area contributed by atoms with Crippen molar-refractivity contribution in [3.05, 3.63) is 60.2 Å². The van der Waals surface area contributed by atoms with Gasteiger partial charge in [0.25, 0.3) is 0 Å². The highest BCUT2D eigenvalue weighted by molar-refractivity contribution is 6.06. The summed E-state index contributed by atoms with van der Waals surface area (Å²) >= 11 is 0. The lowest BCUT2D eigenvalue weighted by Gasteiger charge is -2.44. The Kier molecular flexibility index (Phi) is 3.91. The molecule has 0 aliphatic carbocycles. The highest BCUT2D eigenvalue weighted by Crippen LogP contribution is 2.37. The van der Waals surface area contributed by atoms with Crippen molar-refractivity contribution in [2.45, 2.75) is 18.4 Å². The topological polar surface area (TPSA) is 94.6 Å². The van der Waals surface area contributed by atoms with Crippen LogP contribution in [0.1, 0.15) is 23.2 Å². The highest BCUT2D eigenvalue weighted by Gasteiger charge is 2.44. The van der Waals surface area contributed by atoms with E-state index in [1.165, 1.54) is 0 Å². The maximum Gasteiger partial charge on any atom is 0.336 e. The average molecular weight is 388 g/mol. The normalized spacial score (nSPS) is 17.5. The number of hydrogen-bond acceptors (Lipinski definition) is 5. The number of fused-ring (bicyclic) bond motifs is 2. The molecule has 3 aromatic rings. The quantitative estimate of drug-likeness (QED) is 0.623. The van der Waals surface area contributed by atoms with Crippen LogP contribution >= 0.6 is 0 Å². The number of pyridine rings is 1. The molecule has 0 bridgehead atoms. The van der Waals surface area contributed by atoms with Gasteiger partial charge in [0.05, 0.1) is 22.5 Å². The van der Waals surface area contributed by atoms with Crippen molar-refractivity contribution in [1.82, 2.24) is 4.98 Å². The number of rotatable bonds is 2. The summed E-state index contributed by atoms with van der Waals surface area (Å²) in [6.45, 7) is 1.21. The molecule has 7 nitrogen and oxygen atoms in total. The number of hydrogen-bond donors (Lipinski definition) is 3. The van der Waals surface area contributed by atoms with Gasteiger partial charge in [-0.3, -0.25) is 4.79 Å². The summed E-state index contributed by atoms with van der Waals surface area (Å²) in [6.07, 6.45) is 1.20. The minimum atomic E-state index is -0.969. The smallest absolute Gasteiger partial charge is 0.336 e.